The molecule has 0 saturated carbocycles. The molecule has 1 aromatic carbocycles. The van der Waals surface area contributed by atoms with Gasteiger partial charge in [-0.3, -0.25) is 4.79 Å². The van der Waals surface area contributed by atoms with Gasteiger partial charge in [-0.25, -0.2) is 13.2 Å². The van der Waals surface area contributed by atoms with Crippen molar-refractivity contribution in [2.45, 2.75) is 19.8 Å². The third-order valence-electron chi connectivity index (χ3n) is 2.72. The quantitative estimate of drug-likeness (QED) is 0.618. The minimum atomic E-state index is -1.59. The first-order valence-corrected chi connectivity index (χ1v) is 5.99. The maximum atomic E-state index is 12.9. The van der Waals surface area contributed by atoms with Crippen molar-refractivity contribution in [2.75, 3.05) is 13.2 Å². The lowest BCUT2D eigenvalue weighted by Gasteiger charge is -2.09. The number of halogens is 3. The summed E-state index contributed by atoms with van der Waals surface area (Å²) in [6.07, 6.45) is 1.36. The van der Waals surface area contributed by atoms with Crippen molar-refractivity contribution in [3.05, 3.63) is 35.1 Å². The molecule has 0 spiro atoms. The van der Waals surface area contributed by atoms with E-state index in [0.717, 1.165) is 6.42 Å². The second-order valence-corrected chi connectivity index (χ2v) is 4.44. The first kappa shape index (κ1) is 15.5. The molecule has 2 N–H and O–H groups in total. The number of benzene rings is 1. The van der Waals surface area contributed by atoms with Gasteiger partial charge in [0.25, 0.3) is 5.91 Å². The summed E-state index contributed by atoms with van der Waals surface area (Å²) >= 11 is 0. The molecule has 1 aromatic rings. The number of carbonyl (C=O) groups is 1. The molecule has 19 heavy (non-hydrogen) atoms. The summed E-state index contributed by atoms with van der Waals surface area (Å²) in [7, 11) is 0. The predicted octanol–water partition coefficient (Wildman–Crippen LogP) is 2.24. The molecule has 0 aromatic heterocycles. The van der Waals surface area contributed by atoms with Crippen LogP contribution in [0, 0.1) is 23.4 Å². The number of aliphatic hydroxyl groups is 1. The van der Waals surface area contributed by atoms with Crippen LogP contribution in [0.4, 0.5) is 13.2 Å². The van der Waals surface area contributed by atoms with Crippen molar-refractivity contribution in [2.24, 2.45) is 5.92 Å². The summed E-state index contributed by atoms with van der Waals surface area (Å²) in [6.45, 7) is 2.26. The lowest BCUT2D eigenvalue weighted by atomic mass is 10.1. The van der Waals surface area contributed by atoms with Gasteiger partial charge in [0.2, 0.25) is 0 Å². The van der Waals surface area contributed by atoms with Crippen LogP contribution >= 0.6 is 0 Å². The molecular weight excluding hydrogens is 259 g/mol. The summed E-state index contributed by atoms with van der Waals surface area (Å²) in [5, 5.41) is 11.3. The third-order valence-corrected chi connectivity index (χ3v) is 2.72. The molecule has 0 fully saturated rings. The summed E-state index contributed by atoms with van der Waals surface area (Å²) in [5.41, 5.74) is -0.258. The van der Waals surface area contributed by atoms with Crippen molar-refractivity contribution >= 4 is 5.91 Å². The Labute approximate surface area is 109 Å². The van der Waals surface area contributed by atoms with Gasteiger partial charge in [0.1, 0.15) is 0 Å². The first-order valence-electron chi connectivity index (χ1n) is 5.99. The van der Waals surface area contributed by atoms with E-state index in [9.17, 15) is 18.0 Å². The van der Waals surface area contributed by atoms with Gasteiger partial charge in [-0.15, -0.1) is 0 Å². The van der Waals surface area contributed by atoms with Crippen molar-refractivity contribution in [3.8, 4) is 0 Å². The molecule has 0 bridgehead atoms. The van der Waals surface area contributed by atoms with E-state index < -0.39 is 23.4 Å². The van der Waals surface area contributed by atoms with Crippen LogP contribution in [0.15, 0.2) is 12.1 Å². The Hall–Kier alpha value is -1.56. The van der Waals surface area contributed by atoms with E-state index in [0.29, 0.717) is 25.1 Å². The number of amides is 1. The molecule has 1 unspecified atom stereocenters. The smallest absolute Gasteiger partial charge is 0.251 e. The van der Waals surface area contributed by atoms with Crippen LogP contribution in [0.5, 0.6) is 0 Å². The minimum absolute atomic E-state index is 0.0718. The Morgan fingerprint density at radius 2 is 1.89 bits per heavy atom. The normalized spacial score (nSPS) is 12.3. The molecule has 0 aliphatic rings. The van der Waals surface area contributed by atoms with Gasteiger partial charge in [0.15, 0.2) is 17.5 Å². The Balaban J connectivity index is 2.50. The molecule has 106 valence electrons. The molecule has 1 amide bonds. The standard InChI is InChI=1S/C13H16F3NO2/c1-8(7-18)3-2-4-17-13(19)9-5-10(14)12(16)11(15)6-9/h5-6,8,18H,2-4,7H2,1H3,(H,17,19). The van der Waals surface area contributed by atoms with E-state index in [-0.39, 0.29) is 18.1 Å². The zero-order valence-electron chi connectivity index (χ0n) is 10.5. The Morgan fingerprint density at radius 3 is 2.42 bits per heavy atom. The zero-order valence-corrected chi connectivity index (χ0v) is 10.5. The number of rotatable bonds is 6. The summed E-state index contributed by atoms with van der Waals surface area (Å²) < 4.78 is 38.5. The predicted molar refractivity (Wildman–Crippen MR) is 64.1 cm³/mol. The van der Waals surface area contributed by atoms with Gasteiger partial charge in [-0.2, -0.15) is 0 Å². The molecule has 1 rings (SSSR count). The van der Waals surface area contributed by atoms with E-state index in [1.54, 1.807) is 0 Å². The van der Waals surface area contributed by atoms with E-state index in [2.05, 4.69) is 5.32 Å². The number of aliphatic hydroxyl groups excluding tert-OH is 1. The highest BCUT2D eigenvalue weighted by atomic mass is 19.2. The molecule has 0 saturated heterocycles. The fourth-order valence-electron chi connectivity index (χ4n) is 1.53. The highest BCUT2D eigenvalue weighted by molar-refractivity contribution is 5.94. The van der Waals surface area contributed by atoms with Crippen molar-refractivity contribution in [3.63, 3.8) is 0 Å². The van der Waals surface area contributed by atoms with Gasteiger partial charge < -0.3 is 10.4 Å². The van der Waals surface area contributed by atoms with Gasteiger partial charge in [0, 0.05) is 18.7 Å². The molecule has 6 heteroatoms. The highest BCUT2D eigenvalue weighted by Crippen LogP contribution is 2.13. The largest absolute Gasteiger partial charge is 0.396 e. The summed E-state index contributed by atoms with van der Waals surface area (Å²) in [6, 6.07) is 1.31. The van der Waals surface area contributed by atoms with Crippen LogP contribution in [-0.4, -0.2) is 24.2 Å². The average molecular weight is 275 g/mol. The Kier molecular flexibility index (Phi) is 5.82. The van der Waals surface area contributed by atoms with Gasteiger partial charge >= 0.3 is 0 Å². The monoisotopic (exact) mass is 275 g/mol. The van der Waals surface area contributed by atoms with Crippen LogP contribution in [0.3, 0.4) is 0 Å². The Morgan fingerprint density at radius 1 is 1.32 bits per heavy atom. The topological polar surface area (TPSA) is 49.3 Å². The maximum Gasteiger partial charge on any atom is 0.251 e. The second-order valence-electron chi connectivity index (χ2n) is 4.44. The number of carbonyl (C=O) groups excluding carboxylic acids is 1. The average Bonchev–Trinajstić information content (AvgIpc) is 2.39. The van der Waals surface area contributed by atoms with E-state index in [1.807, 2.05) is 6.92 Å². The lowest BCUT2D eigenvalue weighted by Crippen LogP contribution is -2.25. The van der Waals surface area contributed by atoms with Gasteiger partial charge in [-0.05, 0) is 30.9 Å². The van der Waals surface area contributed by atoms with Crippen LogP contribution < -0.4 is 5.32 Å². The first-order chi connectivity index (χ1) is 8.95. The summed E-state index contributed by atoms with van der Waals surface area (Å²) in [5.74, 6) is -4.89. The number of hydrogen-bond donors (Lipinski definition) is 2. The van der Waals surface area contributed by atoms with E-state index >= 15 is 0 Å². The van der Waals surface area contributed by atoms with E-state index in [4.69, 9.17) is 5.11 Å². The Bertz CT molecular complexity index is 429. The SMILES string of the molecule is CC(CO)CCCNC(=O)c1cc(F)c(F)c(F)c1. The van der Waals surface area contributed by atoms with Crippen molar-refractivity contribution in [1.82, 2.24) is 5.32 Å². The molecule has 0 radical (unpaired) electrons. The fraction of sp³-hybridized carbons (Fsp3) is 0.462. The molecular formula is C13H16F3NO2. The van der Waals surface area contributed by atoms with E-state index in [1.165, 1.54) is 0 Å². The van der Waals surface area contributed by atoms with Crippen LogP contribution in [0.25, 0.3) is 0 Å². The fourth-order valence-corrected chi connectivity index (χ4v) is 1.53. The van der Waals surface area contributed by atoms with Crippen LogP contribution in [-0.2, 0) is 0 Å². The molecule has 0 heterocycles. The third kappa shape index (κ3) is 4.55. The number of hydrogen-bond acceptors (Lipinski definition) is 2. The molecule has 3 nitrogen and oxygen atoms in total. The summed E-state index contributed by atoms with van der Waals surface area (Å²) in [4.78, 5) is 11.6. The maximum absolute atomic E-state index is 12.9. The molecule has 0 aliphatic carbocycles. The lowest BCUT2D eigenvalue weighted by molar-refractivity contribution is 0.0951. The molecule has 1 atom stereocenters. The zero-order chi connectivity index (χ0) is 14.4. The van der Waals surface area contributed by atoms with Crippen molar-refractivity contribution < 1.29 is 23.1 Å². The van der Waals surface area contributed by atoms with Crippen LogP contribution in [0.2, 0.25) is 0 Å². The van der Waals surface area contributed by atoms with Gasteiger partial charge in [-0.1, -0.05) is 6.92 Å². The van der Waals surface area contributed by atoms with Crippen LogP contribution in [0.1, 0.15) is 30.1 Å². The second kappa shape index (κ2) is 7.13. The van der Waals surface area contributed by atoms with Gasteiger partial charge in [0.05, 0.1) is 0 Å². The molecule has 0 aliphatic heterocycles. The number of nitrogens with one attached hydrogen (secondary N) is 1. The highest BCUT2D eigenvalue weighted by Gasteiger charge is 2.14. The van der Waals surface area contributed by atoms with Crippen molar-refractivity contribution in [1.29, 1.82) is 0 Å². The minimum Gasteiger partial charge on any atom is -0.396 e.